The first-order valence-electron chi connectivity index (χ1n) is 3.60. The maximum absolute atomic E-state index is 11.0. The molecule has 0 saturated carbocycles. The number of nitrogens with one attached hydrogen (secondary N) is 1. The summed E-state index contributed by atoms with van der Waals surface area (Å²) in [7, 11) is 0. The van der Waals surface area contributed by atoms with Gasteiger partial charge in [-0.25, -0.2) is 0 Å². The van der Waals surface area contributed by atoms with E-state index in [9.17, 15) is 4.79 Å². The van der Waals surface area contributed by atoms with Crippen molar-refractivity contribution in [1.29, 1.82) is 0 Å². The number of carbonyl (C=O) groups is 1. The van der Waals surface area contributed by atoms with Gasteiger partial charge in [0.1, 0.15) is 0 Å². The molecule has 0 radical (unpaired) electrons. The Labute approximate surface area is 78.4 Å². The van der Waals surface area contributed by atoms with Crippen LogP contribution in [0.15, 0.2) is 22.6 Å². The van der Waals surface area contributed by atoms with Crippen LogP contribution in [0.1, 0.15) is 10.4 Å². The standard InChI is InChI=1S/C8H6N2O2S/c9-7(11)4-2-1-3-5-6(4)10-8(13)12-5/h1-3H,(H2,9,11)(H,10,13). The number of carbonyl (C=O) groups excluding carboxylic acids is 1. The first kappa shape index (κ1) is 8.00. The number of oxazole rings is 1. The minimum absolute atomic E-state index is 0.240. The fraction of sp³-hybridized carbons (Fsp3) is 0. The Morgan fingerprint density at radius 3 is 3.00 bits per heavy atom. The summed E-state index contributed by atoms with van der Waals surface area (Å²) in [6.45, 7) is 0. The zero-order valence-corrected chi connectivity index (χ0v) is 7.35. The Balaban J connectivity index is 2.90. The molecule has 0 atom stereocenters. The van der Waals surface area contributed by atoms with Crippen LogP contribution in [0.5, 0.6) is 0 Å². The molecule has 1 amide bonds. The number of hydrogen-bond acceptors (Lipinski definition) is 3. The van der Waals surface area contributed by atoms with E-state index in [1.54, 1.807) is 18.2 Å². The van der Waals surface area contributed by atoms with E-state index in [1.807, 2.05) is 0 Å². The van der Waals surface area contributed by atoms with Gasteiger partial charge >= 0.3 is 0 Å². The molecule has 13 heavy (non-hydrogen) atoms. The molecule has 1 aromatic heterocycles. The Bertz CT molecular complexity index is 526. The van der Waals surface area contributed by atoms with Crippen LogP contribution < -0.4 is 5.73 Å². The van der Waals surface area contributed by atoms with E-state index in [4.69, 9.17) is 22.4 Å². The maximum atomic E-state index is 11.0. The number of primary amides is 1. The van der Waals surface area contributed by atoms with E-state index in [0.717, 1.165) is 0 Å². The van der Waals surface area contributed by atoms with Crippen molar-refractivity contribution in [2.24, 2.45) is 5.73 Å². The lowest BCUT2D eigenvalue weighted by molar-refractivity contribution is 0.100. The molecular formula is C8H6N2O2S. The Morgan fingerprint density at radius 1 is 1.54 bits per heavy atom. The van der Waals surface area contributed by atoms with Crippen molar-refractivity contribution in [3.8, 4) is 0 Å². The van der Waals surface area contributed by atoms with Crippen LogP contribution in [-0.4, -0.2) is 10.9 Å². The number of hydrogen-bond donors (Lipinski definition) is 2. The second-order valence-corrected chi connectivity index (χ2v) is 2.93. The molecule has 0 aliphatic carbocycles. The van der Waals surface area contributed by atoms with Crippen LogP contribution in [0, 0.1) is 4.84 Å². The van der Waals surface area contributed by atoms with Gasteiger partial charge in [-0.3, -0.25) is 4.79 Å². The van der Waals surface area contributed by atoms with E-state index in [2.05, 4.69) is 4.98 Å². The minimum Gasteiger partial charge on any atom is -0.429 e. The molecule has 3 N–H and O–H groups in total. The number of fused-ring (bicyclic) bond motifs is 1. The van der Waals surface area contributed by atoms with Crippen LogP contribution >= 0.6 is 12.2 Å². The number of H-pyrrole nitrogens is 1. The predicted molar refractivity (Wildman–Crippen MR) is 49.9 cm³/mol. The molecule has 0 saturated heterocycles. The van der Waals surface area contributed by atoms with E-state index in [0.29, 0.717) is 16.7 Å². The second kappa shape index (κ2) is 2.70. The lowest BCUT2D eigenvalue weighted by Crippen LogP contribution is -2.11. The van der Waals surface area contributed by atoms with Crippen LogP contribution in [0.2, 0.25) is 0 Å². The second-order valence-electron chi connectivity index (χ2n) is 2.56. The molecule has 0 aliphatic rings. The third kappa shape index (κ3) is 1.23. The van der Waals surface area contributed by atoms with Crippen molar-refractivity contribution >= 4 is 29.2 Å². The van der Waals surface area contributed by atoms with Gasteiger partial charge in [0.25, 0.3) is 10.7 Å². The highest BCUT2D eigenvalue weighted by Gasteiger charge is 2.08. The van der Waals surface area contributed by atoms with Gasteiger partial charge < -0.3 is 15.1 Å². The average molecular weight is 194 g/mol. The van der Waals surface area contributed by atoms with Crippen molar-refractivity contribution in [1.82, 2.24) is 4.98 Å². The maximum Gasteiger partial charge on any atom is 0.266 e. The highest BCUT2D eigenvalue weighted by molar-refractivity contribution is 7.71. The van der Waals surface area contributed by atoms with Gasteiger partial charge in [-0.15, -0.1) is 0 Å². The highest BCUT2D eigenvalue weighted by atomic mass is 32.1. The van der Waals surface area contributed by atoms with E-state index in [-0.39, 0.29) is 4.84 Å². The summed E-state index contributed by atoms with van der Waals surface area (Å²) in [5.74, 6) is -0.502. The third-order valence-corrected chi connectivity index (χ3v) is 1.91. The monoisotopic (exact) mass is 194 g/mol. The van der Waals surface area contributed by atoms with E-state index < -0.39 is 5.91 Å². The van der Waals surface area contributed by atoms with Gasteiger partial charge in [0.2, 0.25) is 0 Å². The average Bonchev–Trinajstić information content (AvgIpc) is 2.43. The summed E-state index contributed by atoms with van der Waals surface area (Å²) in [6, 6.07) is 5.02. The van der Waals surface area contributed by atoms with Gasteiger partial charge in [-0.2, -0.15) is 0 Å². The highest BCUT2D eigenvalue weighted by Crippen LogP contribution is 2.17. The predicted octanol–water partition coefficient (Wildman–Crippen LogP) is 1.59. The fourth-order valence-corrected chi connectivity index (χ4v) is 1.37. The van der Waals surface area contributed by atoms with Crippen molar-refractivity contribution in [2.75, 3.05) is 0 Å². The number of benzene rings is 1. The summed E-state index contributed by atoms with van der Waals surface area (Å²) in [5.41, 5.74) is 6.64. The molecule has 0 aliphatic heterocycles. The molecule has 0 fully saturated rings. The number of nitrogens with two attached hydrogens (primary N) is 1. The summed E-state index contributed by atoms with van der Waals surface area (Å²) in [4.78, 5) is 13.9. The first-order valence-corrected chi connectivity index (χ1v) is 4.01. The number of amides is 1. The van der Waals surface area contributed by atoms with Crippen molar-refractivity contribution in [2.45, 2.75) is 0 Å². The molecule has 4 nitrogen and oxygen atoms in total. The van der Waals surface area contributed by atoms with Gasteiger partial charge in [0, 0.05) is 0 Å². The largest absolute Gasteiger partial charge is 0.429 e. The number of para-hydroxylation sites is 1. The summed E-state index contributed by atoms with van der Waals surface area (Å²) < 4.78 is 5.11. The van der Waals surface area contributed by atoms with Crippen LogP contribution in [0.4, 0.5) is 0 Å². The topological polar surface area (TPSA) is 72.0 Å². The van der Waals surface area contributed by atoms with Gasteiger partial charge in [0.15, 0.2) is 5.58 Å². The quantitative estimate of drug-likeness (QED) is 0.677. The molecule has 0 unspecified atom stereocenters. The Morgan fingerprint density at radius 2 is 2.31 bits per heavy atom. The zero-order chi connectivity index (χ0) is 9.42. The Hall–Kier alpha value is -1.62. The number of rotatable bonds is 1. The molecule has 5 heteroatoms. The fourth-order valence-electron chi connectivity index (χ4n) is 1.18. The summed E-state index contributed by atoms with van der Waals surface area (Å²) in [5, 5.41) is 0. The number of aromatic amines is 1. The molecule has 0 spiro atoms. The van der Waals surface area contributed by atoms with Gasteiger partial charge in [-0.05, 0) is 24.4 Å². The first-order chi connectivity index (χ1) is 6.18. The Kier molecular flexibility index (Phi) is 1.66. The molecule has 2 aromatic rings. The van der Waals surface area contributed by atoms with Crippen LogP contribution in [0.25, 0.3) is 11.1 Å². The summed E-state index contributed by atoms with van der Waals surface area (Å²) >= 11 is 4.78. The van der Waals surface area contributed by atoms with Crippen LogP contribution in [0.3, 0.4) is 0 Å². The minimum atomic E-state index is -0.502. The lowest BCUT2D eigenvalue weighted by atomic mass is 10.2. The smallest absolute Gasteiger partial charge is 0.266 e. The molecule has 0 bridgehead atoms. The normalized spacial score (nSPS) is 10.5. The van der Waals surface area contributed by atoms with Gasteiger partial charge in [0.05, 0.1) is 11.1 Å². The lowest BCUT2D eigenvalue weighted by Gasteiger charge is -1.94. The van der Waals surface area contributed by atoms with E-state index >= 15 is 0 Å². The molecular weight excluding hydrogens is 188 g/mol. The van der Waals surface area contributed by atoms with Crippen molar-refractivity contribution in [3.63, 3.8) is 0 Å². The molecule has 2 rings (SSSR count). The van der Waals surface area contributed by atoms with Crippen molar-refractivity contribution < 1.29 is 9.21 Å². The summed E-state index contributed by atoms with van der Waals surface area (Å²) in [6.07, 6.45) is 0. The van der Waals surface area contributed by atoms with Gasteiger partial charge in [-0.1, -0.05) is 6.07 Å². The zero-order valence-electron chi connectivity index (χ0n) is 6.53. The molecule has 1 heterocycles. The SMILES string of the molecule is NC(=O)c1cccc2oc(=S)[nH]c12. The van der Waals surface area contributed by atoms with E-state index in [1.165, 1.54) is 0 Å². The van der Waals surface area contributed by atoms with Crippen molar-refractivity contribution in [3.05, 3.63) is 28.6 Å². The van der Waals surface area contributed by atoms with Crippen LogP contribution in [-0.2, 0) is 0 Å². The molecule has 66 valence electrons. The number of aromatic nitrogens is 1. The third-order valence-electron chi connectivity index (χ3n) is 1.72. The molecule has 1 aromatic carbocycles.